The number of nitrogens with zero attached hydrogens (tertiary/aromatic N) is 1. The van der Waals surface area contributed by atoms with Gasteiger partial charge in [0.25, 0.3) is 0 Å². The number of hydrogen-bond acceptors (Lipinski definition) is 4. The van der Waals surface area contributed by atoms with E-state index in [1.165, 1.54) is 0 Å². The van der Waals surface area contributed by atoms with Crippen molar-refractivity contribution in [3.05, 3.63) is 59.7 Å². The standard InChI is InChI=1S/C20H25N3O3.HI/c1-15-17-8-3-4-9-18(17)26-19(15)13-23-20(21-2)22-10-6-11-24-14-16-7-5-12-25-16;/h3-5,7-9,12H,6,10-11,13-14H2,1-2H3,(H2,21,22,23);1H. The summed E-state index contributed by atoms with van der Waals surface area (Å²) in [6.45, 7) is 4.61. The molecule has 6 nitrogen and oxygen atoms in total. The van der Waals surface area contributed by atoms with Crippen LogP contribution in [0.1, 0.15) is 23.5 Å². The minimum atomic E-state index is 0. The van der Waals surface area contributed by atoms with Gasteiger partial charge in [-0.05, 0) is 31.5 Å². The van der Waals surface area contributed by atoms with E-state index in [-0.39, 0.29) is 24.0 Å². The van der Waals surface area contributed by atoms with Crippen LogP contribution in [0.25, 0.3) is 11.0 Å². The van der Waals surface area contributed by atoms with Crippen molar-refractivity contribution in [2.24, 2.45) is 4.99 Å². The Kier molecular flexibility index (Phi) is 8.66. The minimum Gasteiger partial charge on any atom is -0.467 e. The Labute approximate surface area is 176 Å². The number of fused-ring (bicyclic) bond motifs is 1. The Morgan fingerprint density at radius 2 is 2.00 bits per heavy atom. The van der Waals surface area contributed by atoms with Crippen LogP contribution in [-0.4, -0.2) is 26.2 Å². The number of hydrogen-bond donors (Lipinski definition) is 2. The zero-order chi connectivity index (χ0) is 18.2. The van der Waals surface area contributed by atoms with E-state index < -0.39 is 0 Å². The molecule has 2 heterocycles. The van der Waals surface area contributed by atoms with Crippen molar-refractivity contribution < 1.29 is 13.6 Å². The summed E-state index contributed by atoms with van der Waals surface area (Å²) in [5, 5.41) is 7.72. The molecule has 0 atom stereocenters. The van der Waals surface area contributed by atoms with E-state index in [4.69, 9.17) is 13.6 Å². The first-order valence-electron chi connectivity index (χ1n) is 8.79. The first-order valence-corrected chi connectivity index (χ1v) is 8.79. The molecule has 0 aliphatic rings. The fourth-order valence-corrected chi connectivity index (χ4v) is 2.73. The maximum atomic E-state index is 5.91. The van der Waals surface area contributed by atoms with Crippen LogP contribution in [0.4, 0.5) is 0 Å². The third-order valence-corrected chi connectivity index (χ3v) is 4.16. The predicted molar refractivity (Wildman–Crippen MR) is 118 cm³/mol. The molecule has 0 aliphatic carbocycles. The molecule has 27 heavy (non-hydrogen) atoms. The quantitative estimate of drug-likeness (QED) is 0.217. The first-order chi connectivity index (χ1) is 12.8. The molecule has 0 amide bonds. The Morgan fingerprint density at radius 1 is 1.15 bits per heavy atom. The number of aryl methyl sites for hydroxylation is 1. The zero-order valence-corrected chi connectivity index (χ0v) is 18.0. The fourth-order valence-electron chi connectivity index (χ4n) is 2.73. The second-order valence-corrected chi connectivity index (χ2v) is 5.98. The Morgan fingerprint density at radius 3 is 2.74 bits per heavy atom. The van der Waals surface area contributed by atoms with Crippen LogP contribution in [0.5, 0.6) is 0 Å². The van der Waals surface area contributed by atoms with Crippen molar-refractivity contribution in [2.75, 3.05) is 20.2 Å². The molecule has 0 saturated carbocycles. The van der Waals surface area contributed by atoms with Crippen LogP contribution in [0.2, 0.25) is 0 Å². The Bertz CT molecular complexity index is 843. The zero-order valence-electron chi connectivity index (χ0n) is 15.7. The van der Waals surface area contributed by atoms with E-state index in [0.29, 0.717) is 19.8 Å². The molecule has 0 aliphatic heterocycles. The van der Waals surface area contributed by atoms with Gasteiger partial charge in [0.05, 0.1) is 12.8 Å². The molecule has 3 aromatic rings. The van der Waals surface area contributed by atoms with Crippen molar-refractivity contribution in [3.63, 3.8) is 0 Å². The number of aliphatic imine (C=N–C) groups is 1. The summed E-state index contributed by atoms with van der Waals surface area (Å²) in [6.07, 6.45) is 2.53. The minimum absolute atomic E-state index is 0. The highest BCUT2D eigenvalue weighted by Gasteiger charge is 2.10. The van der Waals surface area contributed by atoms with E-state index in [1.54, 1.807) is 13.3 Å². The van der Waals surface area contributed by atoms with Crippen LogP contribution in [-0.2, 0) is 17.9 Å². The van der Waals surface area contributed by atoms with Crippen molar-refractivity contribution in [3.8, 4) is 0 Å². The van der Waals surface area contributed by atoms with E-state index in [2.05, 4.69) is 28.6 Å². The number of halogens is 1. The smallest absolute Gasteiger partial charge is 0.191 e. The lowest BCUT2D eigenvalue weighted by Crippen LogP contribution is -2.37. The molecule has 0 saturated heterocycles. The summed E-state index contributed by atoms with van der Waals surface area (Å²) >= 11 is 0. The van der Waals surface area contributed by atoms with Crippen LogP contribution >= 0.6 is 24.0 Å². The average molecular weight is 483 g/mol. The molecule has 0 spiro atoms. The van der Waals surface area contributed by atoms with E-state index in [9.17, 15) is 0 Å². The molecule has 0 fully saturated rings. The summed E-state index contributed by atoms with van der Waals surface area (Å²) in [7, 11) is 1.76. The van der Waals surface area contributed by atoms with Crippen LogP contribution in [0, 0.1) is 6.92 Å². The highest BCUT2D eigenvalue weighted by Crippen LogP contribution is 2.24. The molecule has 7 heteroatoms. The maximum Gasteiger partial charge on any atom is 0.191 e. The van der Waals surface area contributed by atoms with Gasteiger partial charge in [-0.1, -0.05) is 18.2 Å². The van der Waals surface area contributed by atoms with Gasteiger partial charge in [-0.25, -0.2) is 0 Å². The largest absolute Gasteiger partial charge is 0.467 e. The molecule has 2 aromatic heterocycles. The summed E-state index contributed by atoms with van der Waals surface area (Å²) in [5.41, 5.74) is 2.08. The third-order valence-electron chi connectivity index (χ3n) is 4.16. The van der Waals surface area contributed by atoms with Gasteiger partial charge in [-0.3, -0.25) is 4.99 Å². The van der Waals surface area contributed by atoms with Crippen LogP contribution in [0.15, 0.2) is 56.5 Å². The predicted octanol–water partition coefficient (Wildman–Crippen LogP) is 4.22. The molecule has 146 valence electrons. The molecule has 2 N–H and O–H groups in total. The molecule has 0 bridgehead atoms. The molecule has 0 unspecified atom stereocenters. The van der Waals surface area contributed by atoms with Crippen molar-refractivity contribution in [2.45, 2.75) is 26.5 Å². The van der Waals surface area contributed by atoms with Crippen molar-refractivity contribution in [1.29, 1.82) is 0 Å². The lowest BCUT2D eigenvalue weighted by Gasteiger charge is -2.11. The van der Waals surface area contributed by atoms with Gasteiger partial charge in [-0.15, -0.1) is 24.0 Å². The van der Waals surface area contributed by atoms with Crippen molar-refractivity contribution >= 4 is 40.9 Å². The van der Waals surface area contributed by atoms with Crippen molar-refractivity contribution in [1.82, 2.24) is 10.6 Å². The average Bonchev–Trinajstić information content (AvgIpc) is 3.29. The van der Waals surface area contributed by atoms with E-state index in [0.717, 1.165) is 47.0 Å². The van der Waals surface area contributed by atoms with Gasteiger partial charge in [0.2, 0.25) is 0 Å². The number of benzene rings is 1. The Balaban J connectivity index is 0.00000261. The Hall–Kier alpha value is -2.00. The van der Waals surface area contributed by atoms with Gasteiger partial charge in [0.1, 0.15) is 23.7 Å². The molecular formula is C20H26IN3O3. The van der Waals surface area contributed by atoms with Gasteiger partial charge < -0.3 is 24.2 Å². The lowest BCUT2D eigenvalue weighted by atomic mass is 10.1. The third kappa shape index (κ3) is 6.00. The summed E-state index contributed by atoms with van der Waals surface area (Å²) in [4.78, 5) is 4.24. The van der Waals surface area contributed by atoms with E-state index >= 15 is 0 Å². The first kappa shape index (κ1) is 21.3. The summed E-state index contributed by atoms with van der Waals surface area (Å²) in [6, 6.07) is 11.8. The maximum absolute atomic E-state index is 5.91. The van der Waals surface area contributed by atoms with Gasteiger partial charge in [0.15, 0.2) is 5.96 Å². The number of rotatable bonds is 8. The highest BCUT2D eigenvalue weighted by atomic mass is 127. The second-order valence-electron chi connectivity index (χ2n) is 5.98. The number of guanidine groups is 1. The number of ether oxygens (including phenoxy) is 1. The number of para-hydroxylation sites is 1. The normalized spacial score (nSPS) is 11.4. The second kappa shape index (κ2) is 11.0. The number of nitrogens with one attached hydrogen (secondary N) is 2. The molecule has 3 rings (SSSR count). The van der Waals surface area contributed by atoms with E-state index in [1.807, 2.05) is 30.3 Å². The van der Waals surface area contributed by atoms with Gasteiger partial charge in [0, 0.05) is 31.1 Å². The molecule has 0 radical (unpaired) electrons. The summed E-state index contributed by atoms with van der Waals surface area (Å²) < 4.78 is 16.7. The fraction of sp³-hybridized carbons (Fsp3) is 0.350. The number of furan rings is 2. The molecule has 1 aromatic carbocycles. The topological polar surface area (TPSA) is 71.9 Å². The SMILES string of the molecule is CN=C(NCCCOCc1ccco1)NCc1oc2ccccc2c1C.I. The monoisotopic (exact) mass is 483 g/mol. The lowest BCUT2D eigenvalue weighted by molar-refractivity contribution is 0.105. The molecular weight excluding hydrogens is 457 g/mol. The van der Waals surface area contributed by atoms with Gasteiger partial charge >= 0.3 is 0 Å². The highest BCUT2D eigenvalue weighted by molar-refractivity contribution is 14.0. The van der Waals surface area contributed by atoms with Crippen LogP contribution in [0.3, 0.4) is 0 Å². The van der Waals surface area contributed by atoms with Crippen LogP contribution < -0.4 is 10.6 Å². The van der Waals surface area contributed by atoms with Gasteiger partial charge in [-0.2, -0.15) is 0 Å². The summed E-state index contributed by atoms with van der Waals surface area (Å²) in [5.74, 6) is 2.52.